The predicted octanol–water partition coefficient (Wildman–Crippen LogP) is 3.11. The van der Waals surface area contributed by atoms with Gasteiger partial charge in [-0.05, 0) is 49.3 Å². The Hall–Kier alpha value is -1.44. The van der Waals surface area contributed by atoms with Crippen molar-refractivity contribution in [2.75, 3.05) is 18.9 Å². The molecule has 132 valence electrons. The summed E-state index contributed by atoms with van der Waals surface area (Å²) in [5, 5.41) is 6.45. The molecule has 24 heavy (non-hydrogen) atoms. The molecule has 1 aliphatic carbocycles. The van der Waals surface area contributed by atoms with Gasteiger partial charge in [0.15, 0.2) is 5.11 Å². The van der Waals surface area contributed by atoms with Crippen molar-refractivity contribution >= 4 is 33.0 Å². The van der Waals surface area contributed by atoms with Gasteiger partial charge in [0, 0.05) is 25.3 Å². The van der Waals surface area contributed by atoms with Crippen LogP contribution in [0.25, 0.3) is 0 Å². The topological polar surface area (TPSA) is 61.4 Å². The molecule has 2 N–H and O–H groups in total. The first kappa shape index (κ1) is 18.9. The van der Waals surface area contributed by atoms with Crippen LogP contribution in [0.5, 0.6) is 0 Å². The largest absolute Gasteiger partial charge is 0.359 e. The first-order chi connectivity index (χ1) is 11.4. The van der Waals surface area contributed by atoms with E-state index in [2.05, 4.69) is 17.2 Å². The third kappa shape index (κ3) is 4.78. The van der Waals surface area contributed by atoms with Gasteiger partial charge in [-0.15, -0.1) is 6.58 Å². The fourth-order valence-corrected chi connectivity index (χ4v) is 4.47. The molecule has 1 aliphatic rings. The zero-order valence-corrected chi connectivity index (χ0v) is 15.6. The maximum Gasteiger partial charge on any atom is 0.243 e. The fourth-order valence-electron chi connectivity index (χ4n) is 2.86. The van der Waals surface area contributed by atoms with Crippen LogP contribution in [0.1, 0.15) is 32.1 Å². The van der Waals surface area contributed by atoms with Crippen LogP contribution in [0, 0.1) is 0 Å². The summed E-state index contributed by atoms with van der Waals surface area (Å²) in [4.78, 5) is 0.311. The Morgan fingerprint density at radius 1 is 1.29 bits per heavy atom. The van der Waals surface area contributed by atoms with E-state index >= 15 is 0 Å². The molecule has 0 radical (unpaired) electrons. The third-order valence-corrected chi connectivity index (χ3v) is 6.46. The van der Waals surface area contributed by atoms with E-state index in [0.717, 1.165) is 31.4 Å². The standard InChI is InChI=1S/C17H25N3O2S2/c1-3-13-18-17(23)19-14-9-11-16(12-10-14)24(21,22)20(2)15-7-5-4-6-8-15/h3,9-12,15H,1,4-8,13H2,2H3,(H2,18,19,23). The van der Waals surface area contributed by atoms with Crippen LogP contribution < -0.4 is 10.6 Å². The van der Waals surface area contributed by atoms with E-state index in [0.29, 0.717) is 16.6 Å². The van der Waals surface area contributed by atoms with Gasteiger partial charge in [0.2, 0.25) is 10.0 Å². The lowest BCUT2D eigenvalue weighted by atomic mass is 9.96. The maximum absolute atomic E-state index is 12.8. The summed E-state index contributed by atoms with van der Waals surface area (Å²) in [6.07, 6.45) is 7.00. The maximum atomic E-state index is 12.8. The molecule has 2 rings (SSSR count). The molecule has 0 saturated heterocycles. The van der Waals surface area contributed by atoms with Crippen LogP contribution in [0.4, 0.5) is 5.69 Å². The van der Waals surface area contributed by atoms with E-state index in [9.17, 15) is 8.42 Å². The summed E-state index contributed by atoms with van der Waals surface area (Å²) in [6, 6.07) is 6.80. The Kier molecular flexibility index (Phi) is 6.77. The molecular formula is C17H25N3O2S2. The number of nitrogens with one attached hydrogen (secondary N) is 2. The lowest BCUT2D eigenvalue weighted by molar-refractivity contribution is 0.286. The molecule has 0 amide bonds. The first-order valence-corrected chi connectivity index (χ1v) is 10.0. The van der Waals surface area contributed by atoms with Gasteiger partial charge in [-0.3, -0.25) is 0 Å². The molecule has 0 unspecified atom stereocenters. The van der Waals surface area contributed by atoms with Gasteiger partial charge in [-0.25, -0.2) is 8.42 Å². The Morgan fingerprint density at radius 2 is 1.92 bits per heavy atom. The van der Waals surface area contributed by atoms with Crippen molar-refractivity contribution in [1.29, 1.82) is 0 Å². The molecule has 1 fully saturated rings. The quantitative estimate of drug-likeness (QED) is 0.598. The molecule has 0 heterocycles. The van der Waals surface area contributed by atoms with Crippen molar-refractivity contribution in [2.45, 2.75) is 43.0 Å². The third-order valence-electron chi connectivity index (χ3n) is 4.29. The number of thiocarbonyl (C=S) groups is 1. The molecule has 0 atom stereocenters. The molecule has 0 aliphatic heterocycles. The van der Waals surface area contributed by atoms with Crippen LogP contribution >= 0.6 is 12.2 Å². The van der Waals surface area contributed by atoms with Crippen molar-refractivity contribution in [3.63, 3.8) is 0 Å². The van der Waals surface area contributed by atoms with E-state index < -0.39 is 10.0 Å². The second-order valence-electron chi connectivity index (χ2n) is 5.96. The second kappa shape index (κ2) is 8.60. The monoisotopic (exact) mass is 367 g/mol. The number of sulfonamides is 1. The minimum absolute atomic E-state index is 0.109. The van der Waals surface area contributed by atoms with E-state index in [1.165, 1.54) is 10.7 Å². The number of nitrogens with zero attached hydrogens (tertiary/aromatic N) is 1. The average molecular weight is 368 g/mol. The molecule has 0 aromatic heterocycles. The Labute approximate surface area is 150 Å². The normalized spacial score (nSPS) is 15.9. The van der Waals surface area contributed by atoms with Crippen molar-refractivity contribution < 1.29 is 8.42 Å². The molecule has 0 bridgehead atoms. The summed E-state index contributed by atoms with van der Waals surface area (Å²) in [5.74, 6) is 0. The van der Waals surface area contributed by atoms with Gasteiger partial charge >= 0.3 is 0 Å². The predicted molar refractivity (Wildman–Crippen MR) is 103 cm³/mol. The molecular weight excluding hydrogens is 342 g/mol. The highest BCUT2D eigenvalue weighted by Crippen LogP contribution is 2.26. The van der Waals surface area contributed by atoms with Gasteiger partial charge in [0.25, 0.3) is 0 Å². The molecule has 1 saturated carbocycles. The van der Waals surface area contributed by atoms with Crippen molar-refractivity contribution in [3.8, 4) is 0 Å². The smallest absolute Gasteiger partial charge is 0.243 e. The highest BCUT2D eigenvalue weighted by atomic mass is 32.2. The fraction of sp³-hybridized carbons (Fsp3) is 0.471. The highest BCUT2D eigenvalue weighted by Gasteiger charge is 2.28. The number of hydrogen-bond acceptors (Lipinski definition) is 3. The van der Waals surface area contributed by atoms with Crippen molar-refractivity contribution in [1.82, 2.24) is 9.62 Å². The highest BCUT2D eigenvalue weighted by molar-refractivity contribution is 7.89. The summed E-state index contributed by atoms with van der Waals surface area (Å²) in [7, 11) is -1.77. The molecule has 5 nitrogen and oxygen atoms in total. The summed E-state index contributed by atoms with van der Waals surface area (Å²) >= 11 is 5.14. The van der Waals surface area contributed by atoms with Gasteiger partial charge < -0.3 is 10.6 Å². The van der Waals surface area contributed by atoms with Crippen LogP contribution in [-0.2, 0) is 10.0 Å². The van der Waals surface area contributed by atoms with Crippen molar-refractivity contribution in [2.24, 2.45) is 0 Å². The Balaban J connectivity index is 2.05. The lowest BCUT2D eigenvalue weighted by Crippen LogP contribution is -2.38. The van der Waals surface area contributed by atoms with Gasteiger partial charge in [-0.2, -0.15) is 4.31 Å². The minimum Gasteiger partial charge on any atom is -0.359 e. The zero-order valence-electron chi connectivity index (χ0n) is 14.0. The summed E-state index contributed by atoms with van der Waals surface area (Å²) in [5.41, 5.74) is 0.746. The summed E-state index contributed by atoms with van der Waals surface area (Å²) < 4.78 is 27.1. The minimum atomic E-state index is -3.45. The van der Waals surface area contributed by atoms with Crippen LogP contribution in [0.2, 0.25) is 0 Å². The molecule has 0 spiro atoms. The van der Waals surface area contributed by atoms with Gasteiger partial charge in [0.1, 0.15) is 0 Å². The van der Waals surface area contributed by atoms with Crippen molar-refractivity contribution in [3.05, 3.63) is 36.9 Å². The van der Waals surface area contributed by atoms with Crippen LogP contribution in [0.15, 0.2) is 41.8 Å². The SMILES string of the molecule is C=CCNC(=S)Nc1ccc(S(=O)(=O)N(C)C2CCCCC2)cc1. The number of benzene rings is 1. The van der Waals surface area contributed by atoms with E-state index in [1.807, 2.05) is 0 Å². The zero-order chi connectivity index (χ0) is 17.6. The van der Waals surface area contributed by atoms with E-state index in [-0.39, 0.29) is 6.04 Å². The molecule has 1 aromatic rings. The van der Waals surface area contributed by atoms with Gasteiger partial charge in [0.05, 0.1) is 4.90 Å². The Morgan fingerprint density at radius 3 is 2.50 bits per heavy atom. The number of anilines is 1. The number of rotatable bonds is 6. The van der Waals surface area contributed by atoms with E-state index in [1.54, 1.807) is 37.4 Å². The van der Waals surface area contributed by atoms with Crippen LogP contribution in [0.3, 0.4) is 0 Å². The first-order valence-electron chi connectivity index (χ1n) is 8.19. The average Bonchev–Trinajstić information content (AvgIpc) is 2.60. The van der Waals surface area contributed by atoms with Gasteiger partial charge in [-0.1, -0.05) is 25.3 Å². The lowest BCUT2D eigenvalue weighted by Gasteiger charge is -2.30. The number of hydrogen-bond donors (Lipinski definition) is 2. The molecule has 1 aromatic carbocycles. The van der Waals surface area contributed by atoms with E-state index in [4.69, 9.17) is 12.2 Å². The molecule has 7 heteroatoms. The van der Waals surface area contributed by atoms with Crippen LogP contribution in [-0.4, -0.2) is 37.5 Å². The second-order valence-corrected chi connectivity index (χ2v) is 8.37. The Bertz CT molecular complexity index is 666. The summed E-state index contributed by atoms with van der Waals surface area (Å²) in [6.45, 7) is 4.19.